The van der Waals surface area contributed by atoms with Gasteiger partial charge in [-0.1, -0.05) is 6.92 Å². The highest BCUT2D eigenvalue weighted by Crippen LogP contribution is 2.21. The van der Waals surface area contributed by atoms with Gasteiger partial charge in [0.25, 0.3) is 0 Å². The Bertz CT molecular complexity index is 385. The molecule has 0 aliphatic rings. The fraction of sp³-hybridized carbons (Fsp3) is 0.538. The number of hydrogen-bond acceptors (Lipinski definition) is 3. The van der Waals surface area contributed by atoms with E-state index in [1.54, 1.807) is 0 Å². The number of benzene rings is 1. The molecule has 1 aromatic rings. The minimum Gasteiger partial charge on any atom is -0.494 e. The predicted octanol–water partition coefficient (Wildman–Crippen LogP) is 1.70. The Morgan fingerprint density at radius 3 is 2.67 bits per heavy atom. The van der Waals surface area contributed by atoms with Gasteiger partial charge in [0.1, 0.15) is 5.82 Å². The molecular weight excluding hydrogens is 238 g/mol. The molecule has 18 heavy (non-hydrogen) atoms. The van der Waals surface area contributed by atoms with E-state index in [4.69, 9.17) is 10.5 Å². The molecule has 102 valence electrons. The molecule has 0 radical (unpaired) electrons. The summed E-state index contributed by atoms with van der Waals surface area (Å²) in [6.45, 7) is 4.00. The smallest absolute Gasteiger partial charge is 0.165 e. The second-order valence-electron chi connectivity index (χ2n) is 4.37. The zero-order valence-electron chi connectivity index (χ0n) is 10.8. The molecular formula is C13H20F2N2O. The molecule has 0 saturated heterocycles. The first-order valence-electron chi connectivity index (χ1n) is 6.01. The first-order chi connectivity index (χ1) is 8.58. The van der Waals surface area contributed by atoms with Crippen LogP contribution in [0.1, 0.15) is 12.5 Å². The lowest BCUT2D eigenvalue weighted by Gasteiger charge is -2.11. The van der Waals surface area contributed by atoms with Crippen molar-refractivity contribution in [1.29, 1.82) is 0 Å². The molecule has 0 heterocycles. The van der Waals surface area contributed by atoms with Crippen molar-refractivity contribution in [2.24, 2.45) is 11.7 Å². The van der Waals surface area contributed by atoms with E-state index >= 15 is 0 Å². The van der Waals surface area contributed by atoms with E-state index < -0.39 is 11.6 Å². The van der Waals surface area contributed by atoms with Gasteiger partial charge in [0.15, 0.2) is 11.6 Å². The van der Waals surface area contributed by atoms with Crippen LogP contribution in [-0.4, -0.2) is 26.7 Å². The Kier molecular flexibility index (Phi) is 6.01. The fourth-order valence-electron chi connectivity index (χ4n) is 1.57. The minimum absolute atomic E-state index is 0.0686. The molecule has 5 heteroatoms. The summed E-state index contributed by atoms with van der Waals surface area (Å²) in [7, 11) is 1.31. The molecule has 0 bridgehead atoms. The van der Waals surface area contributed by atoms with Gasteiger partial charge in [-0.15, -0.1) is 0 Å². The van der Waals surface area contributed by atoms with Gasteiger partial charge in [-0.25, -0.2) is 8.78 Å². The lowest BCUT2D eigenvalue weighted by molar-refractivity contribution is 0.381. The topological polar surface area (TPSA) is 47.3 Å². The molecule has 0 aliphatic carbocycles. The van der Waals surface area contributed by atoms with Gasteiger partial charge in [-0.3, -0.25) is 0 Å². The maximum absolute atomic E-state index is 13.6. The zero-order valence-corrected chi connectivity index (χ0v) is 10.8. The summed E-state index contributed by atoms with van der Waals surface area (Å²) < 4.78 is 31.7. The highest BCUT2D eigenvalue weighted by molar-refractivity contribution is 5.31. The average molecular weight is 258 g/mol. The van der Waals surface area contributed by atoms with E-state index in [0.717, 1.165) is 12.6 Å². The van der Waals surface area contributed by atoms with Gasteiger partial charge in [-0.05, 0) is 43.6 Å². The van der Waals surface area contributed by atoms with Gasteiger partial charge in [0.2, 0.25) is 0 Å². The van der Waals surface area contributed by atoms with Crippen LogP contribution in [-0.2, 0) is 6.42 Å². The van der Waals surface area contributed by atoms with E-state index in [0.29, 0.717) is 31.0 Å². The molecule has 1 aromatic carbocycles. The van der Waals surface area contributed by atoms with Crippen molar-refractivity contribution in [2.45, 2.75) is 13.3 Å². The lowest BCUT2D eigenvalue weighted by atomic mass is 10.1. The monoisotopic (exact) mass is 258 g/mol. The molecule has 1 atom stereocenters. The maximum atomic E-state index is 13.6. The minimum atomic E-state index is -0.538. The summed E-state index contributed by atoms with van der Waals surface area (Å²) in [5, 5.41) is 3.16. The highest BCUT2D eigenvalue weighted by atomic mass is 19.1. The lowest BCUT2D eigenvalue weighted by Crippen LogP contribution is -2.27. The summed E-state index contributed by atoms with van der Waals surface area (Å²) >= 11 is 0. The number of rotatable bonds is 7. The summed E-state index contributed by atoms with van der Waals surface area (Å²) in [6, 6.07) is 2.26. The van der Waals surface area contributed by atoms with E-state index in [2.05, 4.69) is 5.32 Å². The van der Waals surface area contributed by atoms with Gasteiger partial charge in [-0.2, -0.15) is 0 Å². The normalized spacial score (nSPS) is 12.5. The third-order valence-electron chi connectivity index (χ3n) is 2.79. The first-order valence-corrected chi connectivity index (χ1v) is 6.01. The van der Waals surface area contributed by atoms with Crippen LogP contribution in [0.2, 0.25) is 0 Å². The van der Waals surface area contributed by atoms with Crippen LogP contribution in [0.15, 0.2) is 12.1 Å². The summed E-state index contributed by atoms with van der Waals surface area (Å²) in [6.07, 6.45) is 0.435. The molecule has 0 fully saturated rings. The van der Waals surface area contributed by atoms with Gasteiger partial charge < -0.3 is 15.8 Å². The van der Waals surface area contributed by atoms with E-state index in [9.17, 15) is 8.78 Å². The quantitative estimate of drug-likeness (QED) is 0.732. The van der Waals surface area contributed by atoms with Crippen molar-refractivity contribution in [3.63, 3.8) is 0 Å². The number of halogens is 2. The Morgan fingerprint density at radius 1 is 1.33 bits per heavy atom. The second-order valence-corrected chi connectivity index (χ2v) is 4.37. The molecule has 0 saturated carbocycles. The van der Waals surface area contributed by atoms with Crippen LogP contribution < -0.4 is 15.8 Å². The predicted molar refractivity (Wildman–Crippen MR) is 67.7 cm³/mol. The molecule has 0 spiro atoms. The van der Waals surface area contributed by atoms with Crippen LogP contribution in [0.4, 0.5) is 8.78 Å². The van der Waals surface area contributed by atoms with Crippen molar-refractivity contribution < 1.29 is 13.5 Å². The number of methoxy groups -OCH3 is 1. The molecule has 3 nitrogen and oxygen atoms in total. The largest absolute Gasteiger partial charge is 0.494 e. The third-order valence-corrected chi connectivity index (χ3v) is 2.79. The van der Waals surface area contributed by atoms with Crippen LogP contribution in [0.3, 0.4) is 0 Å². The second kappa shape index (κ2) is 7.28. The van der Waals surface area contributed by atoms with Gasteiger partial charge >= 0.3 is 0 Å². The van der Waals surface area contributed by atoms with Crippen molar-refractivity contribution >= 4 is 0 Å². The van der Waals surface area contributed by atoms with E-state index in [1.807, 2.05) is 6.92 Å². The van der Waals surface area contributed by atoms with Crippen LogP contribution >= 0.6 is 0 Å². The number of nitrogens with one attached hydrogen (secondary N) is 1. The van der Waals surface area contributed by atoms with Crippen LogP contribution in [0.5, 0.6) is 5.75 Å². The first kappa shape index (κ1) is 14.9. The molecule has 1 rings (SSSR count). The average Bonchev–Trinajstić information content (AvgIpc) is 2.37. The van der Waals surface area contributed by atoms with E-state index in [-0.39, 0.29) is 5.75 Å². The Labute approximate surface area is 106 Å². The fourth-order valence-corrected chi connectivity index (χ4v) is 1.57. The van der Waals surface area contributed by atoms with Crippen molar-refractivity contribution in [3.05, 3.63) is 29.3 Å². The molecule has 0 amide bonds. The zero-order chi connectivity index (χ0) is 13.5. The number of ether oxygens (including phenoxy) is 1. The standard InChI is InChI=1S/C13H20F2N2O/c1-9(7-16)8-17-4-3-10-5-12(15)13(18-2)6-11(10)14/h5-6,9,17H,3-4,7-8,16H2,1-2H3. The summed E-state index contributed by atoms with van der Waals surface area (Å²) in [5.41, 5.74) is 5.83. The molecule has 1 unspecified atom stereocenters. The van der Waals surface area contributed by atoms with E-state index in [1.165, 1.54) is 13.2 Å². The SMILES string of the molecule is COc1cc(F)c(CCNCC(C)CN)cc1F. The van der Waals surface area contributed by atoms with Gasteiger partial charge in [0.05, 0.1) is 7.11 Å². The summed E-state index contributed by atoms with van der Waals surface area (Å²) in [5.74, 6) is -0.672. The Balaban J connectivity index is 2.50. The van der Waals surface area contributed by atoms with Crippen LogP contribution in [0, 0.1) is 17.6 Å². The molecule has 0 aromatic heterocycles. The Morgan fingerprint density at radius 2 is 2.06 bits per heavy atom. The van der Waals surface area contributed by atoms with Crippen molar-refractivity contribution in [3.8, 4) is 5.75 Å². The molecule has 0 aliphatic heterocycles. The number of hydrogen-bond donors (Lipinski definition) is 2. The van der Waals surface area contributed by atoms with Crippen molar-refractivity contribution in [2.75, 3.05) is 26.7 Å². The number of nitrogens with two attached hydrogens (primary N) is 1. The third kappa shape index (κ3) is 4.23. The maximum Gasteiger partial charge on any atom is 0.165 e. The van der Waals surface area contributed by atoms with Gasteiger partial charge in [0, 0.05) is 6.07 Å². The van der Waals surface area contributed by atoms with Crippen molar-refractivity contribution in [1.82, 2.24) is 5.32 Å². The Hall–Kier alpha value is -1.20. The summed E-state index contributed by atoms with van der Waals surface area (Å²) in [4.78, 5) is 0. The highest BCUT2D eigenvalue weighted by Gasteiger charge is 2.10. The molecule has 3 N–H and O–H groups in total. The van der Waals surface area contributed by atoms with Crippen LogP contribution in [0.25, 0.3) is 0 Å².